The number of rotatable bonds is 2. The van der Waals surface area contributed by atoms with Gasteiger partial charge in [-0.3, -0.25) is 4.79 Å². The molecule has 100 valence electrons. The van der Waals surface area contributed by atoms with Crippen molar-refractivity contribution in [3.8, 4) is 5.82 Å². The Morgan fingerprint density at radius 1 is 1.30 bits per heavy atom. The lowest BCUT2D eigenvalue weighted by atomic mass is 10.2. The molecule has 0 aliphatic heterocycles. The van der Waals surface area contributed by atoms with E-state index in [1.807, 2.05) is 6.07 Å². The fourth-order valence-electron chi connectivity index (χ4n) is 1.93. The molecule has 0 aliphatic carbocycles. The van der Waals surface area contributed by atoms with Crippen LogP contribution in [0.25, 0.3) is 16.7 Å². The molecule has 3 N–H and O–H groups in total. The van der Waals surface area contributed by atoms with Crippen LogP contribution in [0.1, 0.15) is 10.5 Å². The monoisotopic (exact) mass is 268 g/mol. The first-order valence-corrected chi connectivity index (χ1v) is 5.97. The summed E-state index contributed by atoms with van der Waals surface area (Å²) in [5, 5.41) is 7.55. The third-order valence-corrected chi connectivity index (χ3v) is 2.91. The molecule has 0 unspecified atom stereocenters. The highest BCUT2D eigenvalue weighted by Crippen LogP contribution is 2.20. The summed E-state index contributed by atoms with van der Waals surface area (Å²) in [7, 11) is 1.56. The maximum absolute atomic E-state index is 11.5. The molecule has 0 atom stereocenters. The van der Waals surface area contributed by atoms with Gasteiger partial charge in [-0.05, 0) is 24.3 Å². The minimum absolute atomic E-state index is 0.244. The fraction of sp³-hybridized carbons (Fsp3) is 0.0769. The quantitative estimate of drug-likeness (QED) is 0.668. The van der Waals surface area contributed by atoms with Crippen molar-refractivity contribution >= 4 is 22.5 Å². The van der Waals surface area contributed by atoms with Crippen molar-refractivity contribution in [1.82, 2.24) is 25.1 Å². The lowest BCUT2D eigenvalue weighted by Gasteiger charge is -2.05. The van der Waals surface area contributed by atoms with Crippen molar-refractivity contribution in [2.24, 2.45) is 0 Å². The Morgan fingerprint density at radius 3 is 2.95 bits per heavy atom. The molecule has 0 saturated heterocycles. The standard InChI is InChI=1S/C13H12N6O/c1-15-13(20)10-4-5-19(18-10)12-9-3-2-8(14)6-11(9)16-7-17-12/h2-7H,14H2,1H3,(H,15,20). The molecule has 0 saturated carbocycles. The first kappa shape index (κ1) is 12.1. The average Bonchev–Trinajstić information content (AvgIpc) is 2.95. The molecule has 1 aromatic carbocycles. The van der Waals surface area contributed by atoms with Gasteiger partial charge < -0.3 is 11.1 Å². The van der Waals surface area contributed by atoms with Crippen LogP contribution in [0.2, 0.25) is 0 Å². The SMILES string of the molecule is CNC(=O)c1ccn(-c2ncnc3cc(N)ccc23)n1. The number of nitrogens with zero attached hydrogens (tertiary/aromatic N) is 4. The van der Waals surface area contributed by atoms with Gasteiger partial charge in [-0.25, -0.2) is 14.6 Å². The molecule has 2 aromatic heterocycles. The van der Waals surface area contributed by atoms with Gasteiger partial charge in [-0.15, -0.1) is 0 Å². The first-order valence-electron chi connectivity index (χ1n) is 5.97. The number of anilines is 1. The molecule has 0 bridgehead atoms. The van der Waals surface area contributed by atoms with Gasteiger partial charge in [0.15, 0.2) is 11.5 Å². The van der Waals surface area contributed by atoms with E-state index in [0.717, 1.165) is 10.9 Å². The Kier molecular flexibility index (Phi) is 2.79. The van der Waals surface area contributed by atoms with Gasteiger partial charge in [0.05, 0.1) is 5.52 Å². The van der Waals surface area contributed by atoms with E-state index in [-0.39, 0.29) is 5.91 Å². The van der Waals surface area contributed by atoms with E-state index in [1.165, 1.54) is 6.33 Å². The Balaban J connectivity index is 2.14. The van der Waals surface area contributed by atoms with Crippen molar-refractivity contribution in [2.45, 2.75) is 0 Å². The molecule has 0 radical (unpaired) electrons. The van der Waals surface area contributed by atoms with Gasteiger partial charge in [-0.2, -0.15) is 5.10 Å². The summed E-state index contributed by atoms with van der Waals surface area (Å²) in [5.74, 6) is 0.358. The number of nitrogen functional groups attached to an aromatic ring is 1. The largest absolute Gasteiger partial charge is 0.399 e. The van der Waals surface area contributed by atoms with E-state index in [2.05, 4.69) is 20.4 Å². The zero-order valence-electron chi connectivity index (χ0n) is 10.7. The Hall–Kier alpha value is -2.96. The number of hydrogen-bond donors (Lipinski definition) is 2. The van der Waals surface area contributed by atoms with Gasteiger partial charge in [0.25, 0.3) is 5.91 Å². The average molecular weight is 268 g/mol. The topological polar surface area (TPSA) is 98.7 Å². The van der Waals surface area contributed by atoms with Gasteiger partial charge in [0.1, 0.15) is 6.33 Å². The minimum atomic E-state index is -0.244. The number of nitrogens with two attached hydrogens (primary N) is 1. The number of aromatic nitrogens is 4. The number of carbonyl (C=O) groups is 1. The summed E-state index contributed by atoms with van der Waals surface area (Å²) < 4.78 is 1.55. The van der Waals surface area contributed by atoms with Crippen LogP contribution in [-0.2, 0) is 0 Å². The van der Waals surface area contributed by atoms with Crippen molar-refractivity contribution in [3.05, 3.63) is 42.5 Å². The van der Waals surface area contributed by atoms with Crippen LogP contribution in [0.4, 0.5) is 5.69 Å². The summed E-state index contributed by atoms with van der Waals surface area (Å²) in [5.41, 5.74) is 7.43. The molecule has 1 amide bonds. The number of carbonyl (C=O) groups excluding carboxylic acids is 1. The number of nitrogens with one attached hydrogen (secondary N) is 1. The second kappa shape index (κ2) is 4.61. The van der Waals surface area contributed by atoms with E-state index in [0.29, 0.717) is 17.2 Å². The normalized spacial score (nSPS) is 10.7. The van der Waals surface area contributed by atoms with Crippen molar-refractivity contribution in [1.29, 1.82) is 0 Å². The molecule has 3 aromatic rings. The maximum Gasteiger partial charge on any atom is 0.271 e. The van der Waals surface area contributed by atoms with Gasteiger partial charge in [0, 0.05) is 24.3 Å². The van der Waals surface area contributed by atoms with Crippen LogP contribution in [0.3, 0.4) is 0 Å². The molecule has 2 heterocycles. The van der Waals surface area contributed by atoms with E-state index < -0.39 is 0 Å². The van der Waals surface area contributed by atoms with Crippen LogP contribution < -0.4 is 11.1 Å². The molecule has 0 aliphatic rings. The van der Waals surface area contributed by atoms with Crippen LogP contribution in [0.15, 0.2) is 36.8 Å². The summed E-state index contributed by atoms with van der Waals surface area (Å²) in [6, 6.07) is 7.01. The van der Waals surface area contributed by atoms with Crippen molar-refractivity contribution in [3.63, 3.8) is 0 Å². The molecular formula is C13H12N6O. The number of hydrogen-bond acceptors (Lipinski definition) is 5. The molecule has 0 fully saturated rings. The fourth-order valence-corrected chi connectivity index (χ4v) is 1.93. The predicted octanol–water partition coefficient (Wildman–Crippen LogP) is 0.757. The Labute approximate surface area is 114 Å². The maximum atomic E-state index is 11.5. The zero-order valence-corrected chi connectivity index (χ0v) is 10.7. The summed E-state index contributed by atoms with van der Waals surface area (Å²) >= 11 is 0. The highest BCUT2D eigenvalue weighted by Gasteiger charge is 2.11. The molecule has 7 nitrogen and oxygen atoms in total. The van der Waals surface area contributed by atoms with Gasteiger partial charge in [-0.1, -0.05) is 0 Å². The second-order valence-electron chi connectivity index (χ2n) is 4.20. The highest BCUT2D eigenvalue weighted by molar-refractivity contribution is 5.92. The zero-order chi connectivity index (χ0) is 14.1. The Morgan fingerprint density at radius 2 is 2.15 bits per heavy atom. The summed E-state index contributed by atoms with van der Waals surface area (Å²) in [6.45, 7) is 0. The van der Waals surface area contributed by atoms with Gasteiger partial charge >= 0.3 is 0 Å². The third-order valence-electron chi connectivity index (χ3n) is 2.91. The van der Waals surface area contributed by atoms with Crippen LogP contribution in [-0.4, -0.2) is 32.7 Å². The third kappa shape index (κ3) is 1.95. The second-order valence-corrected chi connectivity index (χ2v) is 4.20. The minimum Gasteiger partial charge on any atom is -0.399 e. The van der Waals surface area contributed by atoms with Crippen LogP contribution in [0, 0.1) is 0 Å². The van der Waals surface area contributed by atoms with E-state index in [9.17, 15) is 4.79 Å². The molecular weight excluding hydrogens is 256 g/mol. The lowest BCUT2D eigenvalue weighted by Crippen LogP contribution is -2.18. The molecule has 20 heavy (non-hydrogen) atoms. The number of fused-ring (bicyclic) bond motifs is 1. The lowest BCUT2D eigenvalue weighted by molar-refractivity contribution is 0.0957. The van der Waals surface area contributed by atoms with Crippen molar-refractivity contribution < 1.29 is 4.79 Å². The van der Waals surface area contributed by atoms with E-state index >= 15 is 0 Å². The first-order chi connectivity index (χ1) is 9.69. The molecule has 3 rings (SSSR count). The van der Waals surface area contributed by atoms with E-state index in [1.54, 1.807) is 36.1 Å². The molecule has 7 heteroatoms. The predicted molar refractivity (Wildman–Crippen MR) is 74.5 cm³/mol. The summed E-state index contributed by atoms with van der Waals surface area (Å²) in [6.07, 6.45) is 3.13. The van der Waals surface area contributed by atoms with Crippen LogP contribution >= 0.6 is 0 Å². The Bertz CT molecular complexity index is 794. The molecule has 0 spiro atoms. The van der Waals surface area contributed by atoms with Gasteiger partial charge in [0.2, 0.25) is 0 Å². The number of amides is 1. The van der Waals surface area contributed by atoms with Crippen LogP contribution in [0.5, 0.6) is 0 Å². The van der Waals surface area contributed by atoms with Crippen molar-refractivity contribution in [2.75, 3.05) is 12.8 Å². The van der Waals surface area contributed by atoms with E-state index in [4.69, 9.17) is 5.73 Å². The smallest absolute Gasteiger partial charge is 0.271 e. The number of benzene rings is 1. The summed E-state index contributed by atoms with van der Waals surface area (Å²) in [4.78, 5) is 19.9. The highest BCUT2D eigenvalue weighted by atomic mass is 16.1.